The largest absolute Gasteiger partial charge is 0.497 e. The molecule has 0 heterocycles. The molecule has 8 nitrogen and oxygen atoms in total. The van der Waals surface area contributed by atoms with Crippen LogP contribution >= 0.6 is 0 Å². The summed E-state index contributed by atoms with van der Waals surface area (Å²) < 4.78 is 16.6. The Morgan fingerprint density at radius 3 is 2.31 bits per heavy atom. The maximum Gasteiger partial charge on any atom is 0.335 e. The van der Waals surface area contributed by atoms with Crippen molar-refractivity contribution in [1.82, 2.24) is 0 Å². The fourth-order valence-electron chi connectivity index (χ4n) is 3.97. The van der Waals surface area contributed by atoms with Crippen LogP contribution in [-0.4, -0.2) is 48.8 Å². The van der Waals surface area contributed by atoms with Gasteiger partial charge in [0.1, 0.15) is 17.2 Å². The third kappa shape index (κ3) is 8.46. The van der Waals surface area contributed by atoms with Crippen molar-refractivity contribution in [1.29, 1.82) is 0 Å². The number of carbonyl (C=O) groups excluding carboxylic acids is 1. The molecule has 3 aromatic carbocycles. The summed E-state index contributed by atoms with van der Waals surface area (Å²) in [4.78, 5) is 35.4. The molecule has 0 bridgehead atoms. The lowest BCUT2D eigenvalue weighted by molar-refractivity contribution is -0.136. The van der Waals surface area contributed by atoms with E-state index in [1.165, 1.54) is 18.2 Å². The van der Waals surface area contributed by atoms with Crippen LogP contribution in [0.3, 0.4) is 0 Å². The number of rotatable bonds is 15. The highest BCUT2D eigenvalue weighted by atomic mass is 16.5. The van der Waals surface area contributed by atoms with E-state index in [0.717, 1.165) is 36.3 Å². The van der Waals surface area contributed by atoms with Crippen LogP contribution in [0.15, 0.2) is 66.7 Å². The molecule has 0 unspecified atom stereocenters. The Kier molecular flexibility index (Phi) is 10.7. The van der Waals surface area contributed by atoms with Crippen molar-refractivity contribution in [3.05, 3.63) is 94.6 Å². The van der Waals surface area contributed by atoms with Crippen molar-refractivity contribution < 1.29 is 38.8 Å². The summed E-state index contributed by atoms with van der Waals surface area (Å²) in [5.41, 5.74) is 2.17. The molecule has 0 spiro atoms. The fourth-order valence-corrected chi connectivity index (χ4v) is 3.97. The van der Waals surface area contributed by atoms with Crippen LogP contribution < -0.4 is 14.2 Å². The average molecular weight is 533 g/mol. The Hall–Kier alpha value is -4.59. The zero-order valence-corrected chi connectivity index (χ0v) is 22.0. The lowest BCUT2D eigenvalue weighted by Gasteiger charge is -2.13. The van der Waals surface area contributed by atoms with Crippen molar-refractivity contribution in [2.45, 2.75) is 32.1 Å². The van der Waals surface area contributed by atoms with Crippen LogP contribution in [0.5, 0.6) is 17.2 Å². The number of carboxylic acid groups (broad SMARTS) is 2. The number of ketones is 1. The lowest BCUT2D eigenvalue weighted by Crippen LogP contribution is -2.07. The normalized spacial score (nSPS) is 10.8. The van der Waals surface area contributed by atoms with E-state index >= 15 is 0 Å². The molecule has 204 valence electrons. The topological polar surface area (TPSA) is 119 Å². The van der Waals surface area contributed by atoms with Gasteiger partial charge in [-0.05, 0) is 73.7 Å². The Morgan fingerprint density at radius 1 is 0.821 bits per heavy atom. The standard InChI is InChI=1S/C31H32O8/c1-37-26-14-11-21(28(20-26)38-2)8-5-3-4-6-17-39-27-15-12-24(18-22(27)13-16-29(32)33)30(34)23-9-7-10-25(19-23)31(35)36/h5,7-12,14-15,18-20H,3-4,6,13,16-17H2,1-2H3,(H,32,33)(H,35,36)/b8-5+. The predicted molar refractivity (Wildman–Crippen MR) is 147 cm³/mol. The summed E-state index contributed by atoms with van der Waals surface area (Å²) in [6.45, 7) is 0.438. The highest BCUT2D eigenvalue weighted by Crippen LogP contribution is 2.26. The Bertz CT molecular complexity index is 1340. The first kappa shape index (κ1) is 29.0. The number of ether oxygens (including phenoxy) is 3. The maximum absolute atomic E-state index is 13.0. The molecular formula is C31H32O8. The van der Waals surface area contributed by atoms with Gasteiger partial charge in [-0.3, -0.25) is 9.59 Å². The minimum absolute atomic E-state index is 0.0184. The zero-order valence-electron chi connectivity index (χ0n) is 22.0. The summed E-state index contributed by atoms with van der Waals surface area (Å²) in [6.07, 6.45) is 6.68. The number of benzene rings is 3. The van der Waals surface area contributed by atoms with Crippen molar-refractivity contribution in [2.24, 2.45) is 0 Å². The molecule has 0 aliphatic rings. The fraction of sp³-hybridized carbons (Fsp3) is 0.258. The zero-order chi connectivity index (χ0) is 28.2. The first-order chi connectivity index (χ1) is 18.8. The van der Waals surface area contributed by atoms with E-state index in [1.54, 1.807) is 38.5 Å². The molecule has 0 radical (unpaired) electrons. The summed E-state index contributed by atoms with van der Waals surface area (Å²) in [5.74, 6) is -0.418. The van der Waals surface area contributed by atoms with Gasteiger partial charge in [0, 0.05) is 29.2 Å². The number of hydrogen-bond acceptors (Lipinski definition) is 6. The Labute approximate surface area is 227 Å². The van der Waals surface area contributed by atoms with E-state index in [4.69, 9.17) is 19.3 Å². The molecule has 0 fully saturated rings. The second-order valence-corrected chi connectivity index (χ2v) is 8.79. The van der Waals surface area contributed by atoms with Gasteiger partial charge in [-0.15, -0.1) is 0 Å². The molecule has 3 rings (SSSR count). The number of methoxy groups -OCH3 is 2. The van der Waals surface area contributed by atoms with Gasteiger partial charge >= 0.3 is 11.9 Å². The molecule has 0 saturated carbocycles. The number of hydrogen-bond donors (Lipinski definition) is 2. The van der Waals surface area contributed by atoms with Crippen LogP contribution in [0.4, 0.5) is 0 Å². The highest BCUT2D eigenvalue weighted by molar-refractivity contribution is 6.10. The molecule has 8 heteroatoms. The van der Waals surface area contributed by atoms with E-state index in [1.807, 2.05) is 24.3 Å². The van der Waals surface area contributed by atoms with E-state index < -0.39 is 11.9 Å². The van der Waals surface area contributed by atoms with E-state index in [9.17, 15) is 19.5 Å². The molecular weight excluding hydrogens is 500 g/mol. The van der Waals surface area contributed by atoms with Gasteiger partial charge < -0.3 is 24.4 Å². The van der Waals surface area contributed by atoms with Crippen molar-refractivity contribution in [3.8, 4) is 17.2 Å². The highest BCUT2D eigenvalue weighted by Gasteiger charge is 2.15. The predicted octanol–water partition coefficient (Wildman–Crippen LogP) is 5.91. The molecule has 0 saturated heterocycles. The SMILES string of the molecule is COc1ccc(/C=C/CCCCOc2ccc(C(=O)c3cccc(C(=O)O)c3)cc2CCC(=O)O)c(OC)c1. The third-order valence-electron chi connectivity index (χ3n) is 6.06. The summed E-state index contributed by atoms with van der Waals surface area (Å²) in [5, 5.41) is 18.4. The van der Waals surface area contributed by atoms with Crippen molar-refractivity contribution in [3.63, 3.8) is 0 Å². The second kappa shape index (κ2) is 14.4. The molecule has 2 N–H and O–H groups in total. The Balaban J connectivity index is 1.60. The first-order valence-corrected chi connectivity index (χ1v) is 12.6. The lowest BCUT2D eigenvalue weighted by atomic mass is 9.98. The maximum atomic E-state index is 13.0. The van der Waals surface area contributed by atoms with Gasteiger partial charge in [-0.25, -0.2) is 4.79 Å². The average Bonchev–Trinajstić information content (AvgIpc) is 2.95. The number of allylic oxidation sites excluding steroid dienone is 1. The molecule has 0 atom stereocenters. The van der Waals surface area contributed by atoms with E-state index in [0.29, 0.717) is 23.5 Å². The van der Waals surface area contributed by atoms with Crippen molar-refractivity contribution >= 4 is 23.8 Å². The van der Waals surface area contributed by atoms with E-state index in [2.05, 4.69) is 6.08 Å². The van der Waals surface area contributed by atoms with Crippen LogP contribution in [0, 0.1) is 0 Å². The molecule has 0 aliphatic carbocycles. The van der Waals surface area contributed by atoms with Crippen LogP contribution in [0.2, 0.25) is 0 Å². The molecule has 0 amide bonds. The van der Waals surface area contributed by atoms with Gasteiger partial charge in [-0.2, -0.15) is 0 Å². The first-order valence-electron chi connectivity index (χ1n) is 12.6. The molecule has 0 aromatic heterocycles. The molecule has 39 heavy (non-hydrogen) atoms. The number of aliphatic carboxylic acids is 1. The van der Waals surface area contributed by atoms with E-state index in [-0.39, 0.29) is 29.8 Å². The van der Waals surface area contributed by atoms with Crippen LogP contribution in [0.1, 0.15) is 63.1 Å². The van der Waals surface area contributed by atoms with Gasteiger partial charge in [0.2, 0.25) is 0 Å². The van der Waals surface area contributed by atoms with Gasteiger partial charge in [0.15, 0.2) is 5.78 Å². The quantitative estimate of drug-likeness (QED) is 0.183. The number of aromatic carboxylic acids is 1. The van der Waals surface area contributed by atoms with Crippen LogP contribution in [0.25, 0.3) is 6.08 Å². The second-order valence-electron chi connectivity index (χ2n) is 8.79. The van der Waals surface area contributed by atoms with Gasteiger partial charge in [-0.1, -0.05) is 24.3 Å². The van der Waals surface area contributed by atoms with Crippen LogP contribution in [-0.2, 0) is 11.2 Å². The smallest absolute Gasteiger partial charge is 0.335 e. The minimum atomic E-state index is -1.12. The monoisotopic (exact) mass is 532 g/mol. The molecule has 3 aromatic rings. The number of unbranched alkanes of at least 4 members (excludes halogenated alkanes) is 2. The summed E-state index contributed by atoms with van der Waals surface area (Å²) in [7, 11) is 3.23. The van der Waals surface area contributed by atoms with Crippen molar-refractivity contribution in [2.75, 3.05) is 20.8 Å². The minimum Gasteiger partial charge on any atom is -0.497 e. The van der Waals surface area contributed by atoms with Gasteiger partial charge in [0.05, 0.1) is 26.4 Å². The summed E-state index contributed by atoms with van der Waals surface area (Å²) >= 11 is 0. The number of aryl methyl sites for hydroxylation is 1. The third-order valence-corrected chi connectivity index (χ3v) is 6.06. The number of carboxylic acids is 2. The number of carbonyl (C=O) groups is 3. The van der Waals surface area contributed by atoms with Gasteiger partial charge in [0.25, 0.3) is 0 Å². The summed E-state index contributed by atoms with van der Waals surface area (Å²) in [6, 6.07) is 16.4. The molecule has 0 aliphatic heterocycles. The Morgan fingerprint density at radius 2 is 1.59 bits per heavy atom.